The number of ether oxygens (including phenoxy) is 1. The number of azo groups is 1. The molecule has 0 saturated carbocycles. The minimum atomic E-state index is -0.649. The quantitative estimate of drug-likeness (QED) is 0.143. The first kappa shape index (κ1) is 29.7. The van der Waals surface area contributed by atoms with Gasteiger partial charge in [0.1, 0.15) is 6.04 Å². The molecule has 2 aromatic rings. The van der Waals surface area contributed by atoms with Crippen molar-refractivity contribution in [2.75, 3.05) is 30.7 Å². The summed E-state index contributed by atoms with van der Waals surface area (Å²) in [6.07, 6.45) is 1.32. The zero-order chi connectivity index (χ0) is 28.9. The molecule has 2 aromatic carbocycles. The van der Waals surface area contributed by atoms with E-state index in [0.717, 1.165) is 0 Å². The lowest BCUT2D eigenvalue weighted by molar-refractivity contribution is -0.146. The van der Waals surface area contributed by atoms with E-state index in [4.69, 9.17) is 10.5 Å². The largest absolute Gasteiger partial charge is 0.464 e. The number of amides is 4. The Morgan fingerprint density at radius 3 is 2.17 bits per heavy atom. The maximum Gasteiger partial charge on any atom is 0.328 e. The van der Waals surface area contributed by atoms with Crippen LogP contribution >= 0.6 is 0 Å². The number of hydrogen-bond acceptors (Lipinski definition) is 9. The van der Waals surface area contributed by atoms with Crippen LogP contribution in [0.15, 0.2) is 58.8 Å². The van der Waals surface area contributed by atoms with Gasteiger partial charge in [0, 0.05) is 23.7 Å². The molecule has 0 aromatic heterocycles. The van der Waals surface area contributed by atoms with E-state index >= 15 is 0 Å². The van der Waals surface area contributed by atoms with Gasteiger partial charge in [-0.25, -0.2) is 4.79 Å². The molecule has 40 heavy (non-hydrogen) atoms. The summed E-state index contributed by atoms with van der Waals surface area (Å²) in [7, 11) is 0. The van der Waals surface area contributed by atoms with Crippen molar-refractivity contribution in [3.05, 3.63) is 48.5 Å². The number of esters is 1. The molecular weight excluding hydrogens is 518 g/mol. The van der Waals surface area contributed by atoms with E-state index in [1.165, 1.54) is 0 Å². The molecule has 4 amide bonds. The van der Waals surface area contributed by atoms with Crippen molar-refractivity contribution in [1.82, 2.24) is 16.0 Å². The molecule has 13 heteroatoms. The highest BCUT2D eigenvalue weighted by Crippen LogP contribution is 2.23. The molecule has 3 rings (SSSR count). The predicted molar refractivity (Wildman–Crippen MR) is 147 cm³/mol. The zero-order valence-electron chi connectivity index (χ0n) is 22.1. The Morgan fingerprint density at radius 2 is 1.52 bits per heavy atom. The molecule has 0 spiro atoms. The van der Waals surface area contributed by atoms with Gasteiger partial charge in [-0.05, 0) is 74.7 Å². The zero-order valence-corrected chi connectivity index (χ0v) is 22.1. The fourth-order valence-electron chi connectivity index (χ4n) is 3.88. The standard InChI is InChI=1S/C27H33N7O6/c1-2-40-27(39)22-14-17(26(38)32-22)4-3-5-23(35)29-15-24(36)30-16-25(37)31-19-10-12-21(13-11-19)34-33-20-8-6-18(28)7-9-20/h6-13,17,22H,2-5,14-16,28H2,1H3,(H,29,35)(H,30,36)(H,31,37)(H,32,38)/t17-,22+/m1/s1. The van der Waals surface area contributed by atoms with Gasteiger partial charge >= 0.3 is 5.97 Å². The van der Waals surface area contributed by atoms with Crippen molar-refractivity contribution in [2.24, 2.45) is 16.1 Å². The third-order valence-corrected chi connectivity index (χ3v) is 5.95. The summed E-state index contributed by atoms with van der Waals surface area (Å²) in [4.78, 5) is 60.0. The average Bonchev–Trinajstić information content (AvgIpc) is 3.31. The second-order valence-corrected chi connectivity index (χ2v) is 9.08. The fraction of sp³-hybridized carbons (Fsp3) is 0.370. The van der Waals surface area contributed by atoms with Crippen molar-refractivity contribution >= 4 is 52.3 Å². The molecule has 1 aliphatic rings. The summed E-state index contributed by atoms with van der Waals surface area (Å²) in [5.74, 6) is -2.36. The number of rotatable bonds is 13. The summed E-state index contributed by atoms with van der Waals surface area (Å²) in [6, 6.07) is 13.0. The molecule has 13 nitrogen and oxygen atoms in total. The smallest absolute Gasteiger partial charge is 0.328 e. The van der Waals surface area contributed by atoms with Gasteiger partial charge in [0.25, 0.3) is 0 Å². The summed E-state index contributed by atoms with van der Waals surface area (Å²) in [5, 5.41) is 18.4. The van der Waals surface area contributed by atoms with Gasteiger partial charge in [-0.3, -0.25) is 19.2 Å². The normalized spacial score (nSPS) is 16.3. The number of carbonyl (C=O) groups is 5. The number of nitrogens with zero attached hydrogens (tertiary/aromatic N) is 2. The number of hydrogen-bond donors (Lipinski definition) is 5. The van der Waals surface area contributed by atoms with Crippen LogP contribution in [0.2, 0.25) is 0 Å². The molecule has 6 N–H and O–H groups in total. The van der Waals surface area contributed by atoms with Gasteiger partial charge in [-0.2, -0.15) is 10.2 Å². The summed E-state index contributed by atoms with van der Waals surface area (Å²) >= 11 is 0. The molecule has 1 saturated heterocycles. The molecule has 212 valence electrons. The molecule has 1 fully saturated rings. The molecule has 1 aliphatic heterocycles. The Hall–Kier alpha value is -4.81. The maximum atomic E-state index is 12.1. The molecule has 0 radical (unpaired) electrons. The number of nitrogens with two attached hydrogens (primary N) is 1. The van der Waals surface area contributed by atoms with Crippen LogP contribution in [0.1, 0.15) is 32.6 Å². The number of nitrogens with one attached hydrogen (secondary N) is 4. The number of nitrogen functional groups attached to an aromatic ring is 1. The summed E-state index contributed by atoms with van der Waals surface area (Å²) in [5.41, 5.74) is 8.04. The molecular formula is C27H33N7O6. The van der Waals surface area contributed by atoms with E-state index in [2.05, 4.69) is 31.5 Å². The van der Waals surface area contributed by atoms with Crippen LogP contribution in [-0.2, 0) is 28.7 Å². The van der Waals surface area contributed by atoms with Crippen LogP contribution < -0.4 is 27.0 Å². The van der Waals surface area contributed by atoms with Crippen molar-refractivity contribution in [3.8, 4) is 0 Å². The second kappa shape index (κ2) is 15.0. The Kier molecular flexibility index (Phi) is 11.1. The molecule has 0 aliphatic carbocycles. The van der Waals surface area contributed by atoms with E-state index in [1.54, 1.807) is 55.5 Å². The first-order valence-corrected chi connectivity index (χ1v) is 12.9. The summed E-state index contributed by atoms with van der Waals surface area (Å²) < 4.78 is 4.92. The van der Waals surface area contributed by atoms with Crippen LogP contribution in [0.5, 0.6) is 0 Å². The highest BCUT2D eigenvalue weighted by molar-refractivity contribution is 5.95. The van der Waals surface area contributed by atoms with Gasteiger partial charge in [-0.1, -0.05) is 0 Å². The van der Waals surface area contributed by atoms with Crippen LogP contribution in [0.25, 0.3) is 0 Å². The minimum Gasteiger partial charge on any atom is -0.464 e. The lowest BCUT2D eigenvalue weighted by atomic mass is 9.98. The van der Waals surface area contributed by atoms with E-state index in [-0.39, 0.29) is 43.8 Å². The van der Waals surface area contributed by atoms with Gasteiger partial charge in [0.05, 0.1) is 31.1 Å². The first-order valence-electron chi connectivity index (χ1n) is 12.9. The van der Waals surface area contributed by atoms with Crippen molar-refractivity contribution in [2.45, 2.75) is 38.6 Å². The van der Waals surface area contributed by atoms with Gasteiger partial charge in [0.15, 0.2) is 0 Å². The minimum absolute atomic E-state index is 0.122. The number of carbonyl (C=O) groups excluding carboxylic acids is 5. The van der Waals surface area contributed by atoms with Crippen LogP contribution in [-0.4, -0.2) is 55.3 Å². The van der Waals surface area contributed by atoms with Crippen molar-refractivity contribution in [3.63, 3.8) is 0 Å². The topological polar surface area (TPSA) is 193 Å². The van der Waals surface area contributed by atoms with Gasteiger partial charge in [-0.15, -0.1) is 0 Å². The number of anilines is 2. The highest BCUT2D eigenvalue weighted by atomic mass is 16.5. The Balaban J connectivity index is 1.28. The van der Waals surface area contributed by atoms with E-state index < -0.39 is 23.8 Å². The third kappa shape index (κ3) is 9.82. The Morgan fingerprint density at radius 1 is 0.925 bits per heavy atom. The Bertz CT molecular complexity index is 1230. The lowest BCUT2D eigenvalue weighted by Gasteiger charge is -2.09. The highest BCUT2D eigenvalue weighted by Gasteiger charge is 2.36. The maximum absolute atomic E-state index is 12.1. The average molecular weight is 552 g/mol. The second-order valence-electron chi connectivity index (χ2n) is 9.08. The molecule has 0 bridgehead atoms. The monoisotopic (exact) mass is 551 g/mol. The van der Waals surface area contributed by atoms with Gasteiger partial charge in [0.2, 0.25) is 23.6 Å². The predicted octanol–water partition coefficient (Wildman–Crippen LogP) is 2.09. The SMILES string of the molecule is CCOC(=O)[C@@H]1C[C@@H](CCCC(=O)NCC(=O)NCC(=O)Nc2ccc(N=Nc3ccc(N)cc3)cc2)C(=O)N1. The molecule has 1 heterocycles. The van der Waals surface area contributed by atoms with Gasteiger partial charge < -0.3 is 31.7 Å². The van der Waals surface area contributed by atoms with Crippen molar-refractivity contribution < 1.29 is 28.7 Å². The Labute approximate surface area is 231 Å². The summed E-state index contributed by atoms with van der Waals surface area (Å²) in [6.45, 7) is 1.38. The lowest BCUT2D eigenvalue weighted by Crippen LogP contribution is -2.40. The molecule has 2 atom stereocenters. The van der Waals surface area contributed by atoms with Crippen LogP contribution in [0.3, 0.4) is 0 Å². The molecule has 0 unspecified atom stereocenters. The fourth-order valence-corrected chi connectivity index (χ4v) is 3.88. The first-order chi connectivity index (χ1) is 19.2. The van der Waals surface area contributed by atoms with E-state index in [1.807, 2.05) is 0 Å². The third-order valence-electron chi connectivity index (χ3n) is 5.95. The van der Waals surface area contributed by atoms with E-state index in [0.29, 0.717) is 42.0 Å². The van der Waals surface area contributed by atoms with E-state index in [9.17, 15) is 24.0 Å². The van der Waals surface area contributed by atoms with Crippen molar-refractivity contribution in [1.29, 1.82) is 0 Å². The van der Waals surface area contributed by atoms with Crippen LogP contribution in [0, 0.1) is 5.92 Å². The van der Waals surface area contributed by atoms with Crippen LogP contribution in [0.4, 0.5) is 22.7 Å². The number of benzene rings is 2.